The second-order valence-electron chi connectivity index (χ2n) is 4.48. The SMILES string of the molecule is CCN1CC2(CC2)N(C)CC1CF. The summed E-state index contributed by atoms with van der Waals surface area (Å²) < 4.78 is 12.7. The monoisotopic (exact) mass is 186 g/mol. The van der Waals surface area contributed by atoms with Crippen LogP contribution in [0.3, 0.4) is 0 Å². The van der Waals surface area contributed by atoms with Gasteiger partial charge in [-0.05, 0) is 26.4 Å². The summed E-state index contributed by atoms with van der Waals surface area (Å²) in [6, 6.07) is 0.140. The standard InChI is InChI=1S/C10H19FN2/c1-3-13-8-10(4-5-10)12(2)7-9(13)6-11/h9H,3-8H2,1-2H3. The lowest BCUT2D eigenvalue weighted by Crippen LogP contribution is -2.59. The highest BCUT2D eigenvalue weighted by molar-refractivity contribution is 5.08. The van der Waals surface area contributed by atoms with Gasteiger partial charge in [0.2, 0.25) is 0 Å². The van der Waals surface area contributed by atoms with Crippen LogP contribution in [0.5, 0.6) is 0 Å². The van der Waals surface area contributed by atoms with Gasteiger partial charge in [0.05, 0.1) is 6.04 Å². The minimum Gasteiger partial charge on any atom is -0.298 e. The summed E-state index contributed by atoms with van der Waals surface area (Å²) in [6.07, 6.45) is 2.61. The first kappa shape index (κ1) is 9.41. The Morgan fingerprint density at radius 3 is 2.62 bits per heavy atom. The number of hydrogen-bond acceptors (Lipinski definition) is 2. The zero-order chi connectivity index (χ0) is 9.47. The minimum absolute atomic E-state index is 0.140. The summed E-state index contributed by atoms with van der Waals surface area (Å²) in [5.41, 5.74) is 0.432. The third kappa shape index (κ3) is 1.48. The molecule has 0 aromatic carbocycles. The van der Waals surface area contributed by atoms with Crippen molar-refractivity contribution in [2.45, 2.75) is 31.3 Å². The van der Waals surface area contributed by atoms with Crippen molar-refractivity contribution >= 4 is 0 Å². The Balaban J connectivity index is 2.03. The van der Waals surface area contributed by atoms with Crippen molar-refractivity contribution in [1.82, 2.24) is 9.80 Å². The molecule has 1 spiro atoms. The first-order valence-electron chi connectivity index (χ1n) is 5.23. The maximum Gasteiger partial charge on any atom is 0.106 e. The Bertz CT molecular complexity index is 191. The molecule has 0 aromatic heterocycles. The molecule has 0 radical (unpaired) electrons. The molecular formula is C10H19FN2. The topological polar surface area (TPSA) is 6.48 Å². The summed E-state index contributed by atoms with van der Waals surface area (Å²) >= 11 is 0. The summed E-state index contributed by atoms with van der Waals surface area (Å²) in [5, 5.41) is 0. The summed E-state index contributed by atoms with van der Waals surface area (Å²) in [5.74, 6) is 0. The van der Waals surface area contributed by atoms with Crippen LogP contribution in [0, 0.1) is 0 Å². The van der Waals surface area contributed by atoms with Crippen LogP contribution in [0.4, 0.5) is 4.39 Å². The number of likely N-dealkylation sites (N-methyl/N-ethyl adjacent to an activating group) is 2. The molecular weight excluding hydrogens is 167 g/mol. The van der Waals surface area contributed by atoms with E-state index in [-0.39, 0.29) is 12.7 Å². The van der Waals surface area contributed by atoms with E-state index >= 15 is 0 Å². The van der Waals surface area contributed by atoms with Crippen LogP contribution < -0.4 is 0 Å². The van der Waals surface area contributed by atoms with Gasteiger partial charge in [0.1, 0.15) is 6.67 Å². The predicted molar refractivity (Wildman–Crippen MR) is 51.6 cm³/mol. The number of halogens is 1. The minimum atomic E-state index is -0.200. The van der Waals surface area contributed by atoms with Gasteiger partial charge in [-0.3, -0.25) is 9.80 Å². The van der Waals surface area contributed by atoms with E-state index in [0.29, 0.717) is 5.54 Å². The quantitative estimate of drug-likeness (QED) is 0.638. The van der Waals surface area contributed by atoms with Gasteiger partial charge in [0.15, 0.2) is 0 Å². The molecule has 13 heavy (non-hydrogen) atoms. The van der Waals surface area contributed by atoms with Crippen LogP contribution >= 0.6 is 0 Å². The van der Waals surface area contributed by atoms with Crippen molar-refractivity contribution < 1.29 is 4.39 Å². The molecule has 1 saturated heterocycles. The van der Waals surface area contributed by atoms with E-state index in [2.05, 4.69) is 23.8 Å². The predicted octanol–water partition coefficient (Wildman–Crippen LogP) is 1.12. The van der Waals surface area contributed by atoms with Crippen LogP contribution in [0.25, 0.3) is 0 Å². The van der Waals surface area contributed by atoms with E-state index in [1.807, 2.05) is 0 Å². The highest BCUT2D eigenvalue weighted by Gasteiger charge is 2.51. The van der Waals surface area contributed by atoms with E-state index in [1.165, 1.54) is 12.8 Å². The Hall–Kier alpha value is -0.150. The molecule has 1 saturated carbocycles. The Morgan fingerprint density at radius 2 is 2.15 bits per heavy atom. The van der Waals surface area contributed by atoms with E-state index in [9.17, 15) is 4.39 Å². The maximum atomic E-state index is 12.7. The first-order valence-corrected chi connectivity index (χ1v) is 5.23. The second kappa shape index (κ2) is 3.21. The van der Waals surface area contributed by atoms with Crippen molar-refractivity contribution in [3.8, 4) is 0 Å². The van der Waals surface area contributed by atoms with Gasteiger partial charge in [0, 0.05) is 18.6 Å². The molecule has 0 N–H and O–H groups in total. The molecule has 0 amide bonds. The summed E-state index contributed by atoms with van der Waals surface area (Å²) in [4.78, 5) is 4.66. The first-order chi connectivity index (χ1) is 6.22. The molecule has 1 aliphatic heterocycles. The molecule has 1 heterocycles. The largest absolute Gasteiger partial charge is 0.298 e. The lowest BCUT2D eigenvalue weighted by molar-refractivity contribution is 0.0245. The van der Waals surface area contributed by atoms with E-state index in [1.54, 1.807) is 0 Å². The van der Waals surface area contributed by atoms with Crippen LogP contribution in [0.1, 0.15) is 19.8 Å². The second-order valence-corrected chi connectivity index (χ2v) is 4.48. The molecule has 0 aromatic rings. The molecule has 2 fully saturated rings. The number of piperazine rings is 1. The van der Waals surface area contributed by atoms with Crippen LogP contribution in [-0.2, 0) is 0 Å². The molecule has 0 bridgehead atoms. The molecule has 1 atom stereocenters. The Kier molecular flexibility index (Phi) is 2.32. The Labute approximate surface area is 79.7 Å². The van der Waals surface area contributed by atoms with Crippen molar-refractivity contribution in [1.29, 1.82) is 0 Å². The number of nitrogens with zero attached hydrogens (tertiary/aromatic N) is 2. The zero-order valence-electron chi connectivity index (χ0n) is 8.59. The maximum absolute atomic E-state index is 12.7. The van der Waals surface area contributed by atoms with E-state index in [0.717, 1.165) is 19.6 Å². The number of rotatable bonds is 2. The fourth-order valence-electron chi connectivity index (χ4n) is 2.45. The number of hydrogen-bond donors (Lipinski definition) is 0. The van der Waals surface area contributed by atoms with Gasteiger partial charge in [-0.2, -0.15) is 0 Å². The van der Waals surface area contributed by atoms with Gasteiger partial charge < -0.3 is 0 Å². The van der Waals surface area contributed by atoms with Gasteiger partial charge in [-0.25, -0.2) is 4.39 Å². The highest BCUT2D eigenvalue weighted by atomic mass is 19.1. The van der Waals surface area contributed by atoms with Crippen LogP contribution in [0.15, 0.2) is 0 Å². The Morgan fingerprint density at radius 1 is 1.46 bits per heavy atom. The molecule has 1 aliphatic carbocycles. The molecule has 2 rings (SSSR count). The fraction of sp³-hybridized carbons (Fsp3) is 1.00. The molecule has 3 heteroatoms. The fourth-order valence-corrected chi connectivity index (χ4v) is 2.45. The van der Waals surface area contributed by atoms with Crippen molar-refractivity contribution in [2.75, 3.05) is 33.4 Å². The molecule has 1 unspecified atom stereocenters. The van der Waals surface area contributed by atoms with Gasteiger partial charge in [-0.15, -0.1) is 0 Å². The van der Waals surface area contributed by atoms with Crippen molar-refractivity contribution in [2.24, 2.45) is 0 Å². The normalized spacial score (nSPS) is 33.9. The lowest BCUT2D eigenvalue weighted by atomic mass is 10.1. The summed E-state index contributed by atoms with van der Waals surface area (Å²) in [6.45, 7) is 4.90. The zero-order valence-corrected chi connectivity index (χ0v) is 8.59. The van der Waals surface area contributed by atoms with E-state index < -0.39 is 0 Å². The average molecular weight is 186 g/mol. The van der Waals surface area contributed by atoms with Crippen molar-refractivity contribution in [3.63, 3.8) is 0 Å². The van der Waals surface area contributed by atoms with Gasteiger partial charge >= 0.3 is 0 Å². The average Bonchev–Trinajstić information content (AvgIpc) is 2.90. The third-order valence-electron chi connectivity index (χ3n) is 3.72. The van der Waals surface area contributed by atoms with Gasteiger partial charge in [-0.1, -0.05) is 6.92 Å². The molecule has 76 valence electrons. The molecule has 2 aliphatic rings. The summed E-state index contributed by atoms with van der Waals surface area (Å²) in [7, 11) is 2.14. The highest BCUT2D eigenvalue weighted by Crippen LogP contribution is 2.44. The lowest BCUT2D eigenvalue weighted by Gasteiger charge is -2.44. The van der Waals surface area contributed by atoms with E-state index in [4.69, 9.17) is 0 Å². The van der Waals surface area contributed by atoms with Crippen LogP contribution in [0.2, 0.25) is 0 Å². The number of alkyl halides is 1. The molecule has 2 nitrogen and oxygen atoms in total. The smallest absolute Gasteiger partial charge is 0.106 e. The van der Waals surface area contributed by atoms with Crippen LogP contribution in [-0.4, -0.2) is 54.7 Å². The van der Waals surface area contributed by atoms with Gasteiger partial charge in [0.25, 0.3) is 0 Å². The van der Waals surface area contributed by atoms with Crippen molar-refractivity contribution in [3.05, 3.63) is 0 Å². The third-order valence-corrected chi connectivity index (χ3v) is 3.72.